The van der Waals surface area contributed by atoms with Gasteiger partial charge in [0.05, 0.1) is 35.9 Å². The molecule has 0 radical (unpaired) electrons. The minimum atomic E-state index is -1.01. The van der Waals surface area contributed by atoms with Gasteiger partial charge >= 0.3 is 6.01 Å². The third-order valence-electron chi connectivity index (χ3n) is 10.3. The molecule has 3 aromatic heterocycles. The molecule has 53 heavy (non-hydrogen) atoms. The molecule has 5 aromatic rings. The van der Waals surface area contributed by atoms with Crippen LogP contribution in [0.2, 0.25) is 0 Å². The number of hydrogen-bond acceptors (Lipinski definition) is 9. The summed E-state index contributed by atoms with van der Waals surface area (Å²) in [6.07, 6.45) is 11.0. The number of benzene rings is 2. The van der Waals surface area contributed by atoms with Crippen molar-refractivity contribution in [3.63, 3.8) is 0 Å². The van der Waals surface area contributed by atoms with Gasteiger partial charge in [0.15, 0.2) is 11.6 Å². The number of anilines is 1. The monoisotopic (exact) mass is 719 g/mol. The van der Waals surface area contributed by atoms with Gasteiger partial charge < -0.3 is 19.7 Å². The van der Waals surface area contributed by atoms with Gasteiger partial charge in [0.2, 0.25) is 0 Å². The Balaban J connectivity index is 1.17. The number of carbonyl (C=O) groups excluding carboxylic acids is 1. The number of pyridine rings is 2. The first-order chi connectivity index (χ1) is 25.8. The summed E-state index contributed by atoms with van der Waals surface area (Å²) in [7, 11) is 0. The van der Waals surface area contributed by atoms with Crippen LogP contribution in [0.1, 0.15) is 30.5 Å². The fraction of sp³-hybridized carbons (Fsp3) is 0.325. The minimum Gasteiger partial charge on any atom is -0.461 e. The summed E-state index contributed by atoms with van der Waals surface area (Å²) in [5.74, 6) is 0.370. The highest BCUT2D eigenvalue weighted by atomic mass is 19.1. The zero-order valence-electron chi connectivity index (χ0n) is 28.8. The fourth-order valence-corrected chi connectivity index (χ4v) is 7.82. The lowest BCUT2D eigenvalue weighted by Crippen LogP contribution is -2.45. The van der Waals surface area contributed by atoms with E-state index < -0.39 is 35.3 Å². The molecule has 0 unspecified atom stereocenters. The molecule has 0 spiro atoms. The molecule has 10 nitrogen and oxygen atoms in total. The predicted octanol–water partition coefficient (Wildman–Crippen LogP) is 5.65. The molecule has 13 heteroatoms. The second-order valence-corrected chi connectivity index (χ2v) is 13.7. The summed E-state index contributed by atoms with van der Waals surface area (Å²) >= 11 is 0. The van der Waals surface area contributed by atoms with Crippen LogP contribution in [0.25, 0.3) is 39.0 Å². The average Bonchev–Trinajstić information content (AvgIpc) is 3.59. The predicted molar refractivity (Wildman–Crippen MR) is 195 cm³/mol. The Bertz CT molecular complexity index is 2260. The standard InChI is InChI=1S/C40H36F3N7O3/c1-2-25-8-5-9-26-10-6-12-30(33(25)26)35-34(43)36-31(20-45-35)37(48-39(47-36)53-24-40-13-7-15-50(40)21-27(41)19-40)49-16-17-52-23-29(22-49)46-38(51)32(42)18-28-11-3-4-14-44-28/h1,3-6,8-12,14,18,20,27,29H,7,13,15-17,19,21-24H2,(H,46,51)/b32-18-/t27-,29+,40+/m1/s1. The molecular weight excluding hydrogens is 683 g/mol. The van der Waals surface area contributed by atoms with E-state index in [1.165, 1.54) is 12.4 Å². The number of ether oxygens (including phenoxy) is 2. The number of rotatable bonds is 8. The molecule has 3 aliphatic heterocycles. The van der Waals surface area contributed by atoms with Crippen molar-refractivity contribution >= 4 is 39.5 Å². The van der Waals surface area contributed by atoms with Crippen LogP contribution in [0.15, 0.2) is 72.8 Å². The van der Waals surface area contributed by atoms with Crippen molar-refractivity contribution in [3.05, 3.63) is 89.9 Å². The van der Waals surface area contributed by atoms with Crippen LogP contribution in [0.4, 0.5) is 19.0 Å². The number of terminal acetylenes is 1. The molecule has 1 N–H and O–H groups in total. The normalized spacial score (nSPS) is 22.1. The number of hydrogen-bond donors (Lipinski definition) is 1. The topological polar surface area (TPSA) is 106 Å². The molecule has 0 aliphatic carbocycles. The summed E-state index contributed by atoms with van der Waals surface area (Å²) in [5, 5.41) is 4.52. The average molecular weight is 720 g/mol. The highest BCUT2D eigenvalue weighted by Crippen LogP contribution is 2.41. The molecule has 0 saturated carbocycles. The lowest BCUT2D eigenvalue weighted by Gasteiger charge is -2.31. The van der Waals surface area contributed by atoms with E-state index in [1.807, 2.05) is 29.2 Å². The maximum absolute atomic E-state index is 17.0. The van der Waals surface area contributed by atoms with Gasteiger partial charge in [-0.1, -0.05) is 42.3 Å². The Morgan fingerprint density at radius 2 is 1.98 bits per heavy atom. The summed E-state index contributed by atoms with van der Waals surface area (Å²) in [6, 6.07) is 15.3. The zero-order chi connectivity index (χ0) is 36.5. The van der Waals surface area contributed by atoms with Crippen LogP contribution in [-0.4, -0.2) is 94.5 Å². The van der Waals surface area contributed by atoms with Crippen molar-refractivity contribution < 1.29 is 27.4 Å². The van der Waals surface area contributed by atoms with Crippen molar-refractivity contribution in [3.8, 4) is 29.6 Å². The zero-order valence-corrected chi connectivity index (χ0v) is 28.8. The van der Waals surface area contributed by atoms with Crippen LogP contribution in [0.3, 0.4) is 0 Å². The first-order valence-corrected chi connectivity index (χ1v) is 17.6. The van der Waals surface area contributed by atoms with Gasteiger partial charge in [0.25, 0.3) is 5.91 Å². The molecule has 8 rings (SSSR count). The van der Waals surface area contributed by atoms with Crippen LogP contribution in [0.5, 0.6) is 6.01 Å². The number of alkyl halides is 1. The fourth-order valence-electron chi connectivity index (χ4n) is 7.82. The molecule has 3 aliphatic rings. The Labute approximate surface area is 304 Å². The van der Waals surface area contributed by atoms with E-state index in [1.54, 1.807) is 30.3 Å². The Morgan fingerprint density at radius 1 is 1.11 bits per heavy atom. The van der Waals surface area contributed by atoms with E-state index >= 15 is 4.39 Å². The largest absolute Gasteiger partial charge is 0.461 e. The minimum absolute atomic E-state index is 0.0316. The molecular formula is C40H36F3N7O3. The highest BCUT2D eigenvalue weighted by Gasteiger charge is 2.49. The van der Waals surface area contributed by atoms with E-state index in [-0.39, 0.29) is 43.6 Å². The van der Waals surface area contributed by atoms with Gasteiger partial charge in [-0.2, -0.15) is 9.97 Å². The van der Waals surface area contributed by atoms with Crippen molar-refractivity contribution in [1.29, 1.82) is 0 Å². The number of fused-ring (bicyclic) bond motifs is 3. The highest BCUT2D eigenvalue weighted by molar-refractivity contribution is 6.02. The van der Waals surface area contributed by atoms with Gasteiger partial charge in [-0.15, -0.1) is 6.42 Å². The Morgan fingerprint density at radius 3 is 2.81 bits per heavy atom. The van der Waals surface area contributed by atoms with Crippen LogP contribution < -0.4 is 15.0 Å². The lowest BCUT2D eigenvalue weighted by atomic mass is 9.95. The van der Waals surface area contributed by atoms with Crippen LogP contribution >= 0.6 is 0 Å². The number of nitrogens with zero attached hydrogens (tertiary/aromatic N) is 6. The molecule has 3 saturated heterocycles. The molecule has 3 fully saturated rings. The molecule has 6 heterocycles. The Hall–Kier alpha value is -5.58. The first kappa shape index (κ1) is 34.5. The maximum atomic E-state index is 17.0. The molecule has 2 aromatic carbocycles. The smallest absolute Gasteiger partial charge is 0.319 e. The van der Waals surface area contributed by atoms with Crippen molar-refractivity contribution in [2.45, 2.75) is 37.0 Å². The van der Waals surface area contributed by atoms with Gasteiger partial charge in [-0.05, 0) is 43.0 Å². The molecule has 1 amide bonds. The lowest BCUT2D eigenvalue weighted by molar-refractivity contribution is -0.119. The van der Waals surface area contributed by atoms with Crippen molar-refractivity contribution in [2.24, 2.45) is 0 Å². The number of carbonyl (C=O) groups is 1. The van der Waals surface area contributed by atoms with Crippen molar-refractivity contribution in [1.82, 2.24) is 30.2 Å². The van der Waals surface area contributed by atoms with Crippen LogP contribution in [-0.2, 0) is 9.53 Å². The number of aromatic nitrogens is 4. The number of halogens is 3. The van der Waals surface area contributed by atoms with E-state index in [4.69, 9.17) is 20.9 Å². The summed E-state index contributed by atoms with van der Waals surface area (Å²) in [6.45, 7) is 2.06. The summed E-state index contributed by atoms with van der Waals surface area (Å²) < 4.78 is 58.6. The SMILES string of the molecule is C#Cc1cccc2cccc(-c3ncc4c(N5CCOC[C@@H](NC(=O)/C(F)=C/c6ccccn6)C5)nc(OC[C@@]56CCCN5C[C@H](F)C6)nc4c3F)c12. The molecule has 270 valence electrons. The number of nitrogens with one attached hydrogen (secondary N) is 1. The first-order valence-electron chi connectivity index (χ1n) is 17.6. The van der Waals surface area contributed by atoms with E-state index in [0.717, 1.165) is 30.8 Å². The van der Waals surface area contributed by atoms with E-state index in [0.29, 0.717) is 52.9 Å². The number of amides is 1. The van der Waals surface area contributed by atoms with Gasteiger partial charge in [-0.25, -0.2) is 13.2 Å². The second kappa shape index (κ2) is 14.4. The van der Waals surface area contributed by atoms with E-state index in [2.05, 4.69) is 31.1 Å². The molecule has 3 atom stereocenters. The van der Waals surface area contributed by atoms with Crippen molar-refractivity contribution in [2.75, 3.05) is 50.9 Å². The summed E-state index contributed by atoms with van der Waals surface area (Å²) in [5.41, 5.74) is 0.928. The third-order valence-corrected chi connectivity index (χ3v) is 10.3. The van der Waals surface area contributed by atoms with Gasteiger partial charge in [0.1, 0.15) is 29.8 Å². The quantitative estimate of drug-likeness (QED) is 0.161. The third kappa shape index (κ3) is 6.76. The van der Waals surface area contributed by atoms with Gasteiger partial charge in [0, 0.05) is 61.0 Å². The second-order valence-electron chi connectivity index (χ2n) is 13.7. The molecule has 0 bridgehead atoms. The Kier molecular flexibility index (Phi) is 9.40. The van der Waals surface area contributed by atoms with Crippen LogP contribution in [0, 0.1) is 18.2 Å². The maximum Gasteiger partial charge on any atom is 0.319 e. The van der Waals surface area contributed by atoms with E-state index in [9.17, 15) is 13.6 Å². The van der Waals surface area contributed by atoms with Gasteiger partial charge in [-0.3, -0.25) is 19.7 Å². The summed E-state index contributed by atoms with van der Waals surface area (Å²) in [4.78, 5) is 34.9.